The second-order valence-electron chi connectivity index (χ2n) is 22.0. The van der Waals surface area contributed by atoms with Crippen LogP contribution >= 0.6 is 8.53 Å². The minimum Gasteiger partial charge on any atom is -0.454 e. The number of nitro groups is 2. The highest BCUT2D eigenvalue weighted by atomic mass is 31.2. The van der Waals surface area contributed by atoms with Gasteiger partial charge in [-0.1, -0.05) is 0 Å². The molecule has 0 radical (unpaired) electrons. The van der Waals surface area contributed by atoms with Gasteiger partial charge in [-0.05, 0) is 53.7 Å². The molecule has 4 aromatic heterocycles. The van der Waals surface area contributed by atoms with Gasteiger partial charge in [0, 0.05) is 53.1 Å². The molecular formula is C55H67N16O21P. The lowest BCUT2D eigenvalue weighted by Crippen LogP contribution is -2.37. The molecule has 0 spiro atoms. The van der Waals surface area contributed by atoms with Crippen molar-refractivity contribution in [2.24, 2.45) is 9.98 Å². The summed E-state index contributed by atoms with van der Waals surface area (Å²) in [5, 5.41) is 52.0. The number of nitrogens with zero attached hydrogens (tertiary/aromatic N) is 14. The van der Waals surface area contributed by atoms with E-state index in [0.29, 0.717) is 0 Å². The van der Waals surface area contributed by atoms with Crippen LogP contribution in [-0.2, 0) is 37.5 Å². The first kappa shape index (κ1) is 67.7. The number of hydrogen-bond donors (Lipinski definition) is 3. The first-order valence-electron chi connectivity index (χ1n) is 28.8. The van der Waals surface area contributed by atoms with Gasteiger partial charge in [0.25, 0.3) is 31.0 Å². The van der Waals surface area contributed by atoms with Crippen molar-refractivity contribution < 1.29 is 81.0 Å². The lowest BCUT2D eigenvalue weighted by Gasteiger charge is -2.37. The van der Waals surface area contributed by atoms with Crippen LogP contribution in [-0.4, -0.2) is 192 Å². The third-order valence-electron chi connectivity index (χ3n) is 14.1. The zero-order chi connectivity index (χ0) is 66.9. The molecule has 4 aliphatic heterocycles. The van der Waals surface area contributed by atoms with Crippen molar-refractivity contribution in [1.29, 1.82) is 5.26 Å². The molecule has 2 fully saturated rings. The maximum Gasteiger partial charge on any atom is 0.508 e. The number of hydrogen-bond acceptors (Lipinski definition) is 29. The number of benzene rings is 2. The molecule has 9 atom stereocenters. The molecule has 37 nitrogen and oxygen atoms in total. The van der Waals surface area contributed by atoms with E-state index in [1.807, 2.05) is 32.4 Å². The van der Waals surface area contributed by atoms with Crippen LogP contribution in [0.1, 0.15) is 96.6 Å². The fraction of sp³-hybridized carbons (Fsp3) is 0.509. The summed E-state index contributed by atoms with van der Waals surface area (Å²) in [5.74, 6) is 1.12. The Hall–Kier alpha value is -9.70. The minimum absolute atomic E-state index is 0.000146. The second-order valence-corrected chi connectivity index (χ2v) is 23.4. The Bertz CT molecular complexity index is 3930. The molecule has 10 rings (SSSR count). The van der Waals surface area contributed by atoms with E-state index in [9.17, 15) is 49.8 Å². The van der Waals surface area contributed by atoms with E-state index in [2.05, 4.69) is 46.2 Å². The highest BCUT2D eigenvalue weighted by molar-refractivity contribution is 7.44. The first-order chi connectivity index (χ1) is 44.4. The second kappa shape index (κ2) is 29.7. The van der Waals surface area contributed by atoms with Crippen LogP contribution in [0, 0.1) is 31.6 Å². The minimum atomic E-state index is -1.75. The van der Waals surface area contributed by atoms with Gasteiger partial charge in [0.1, 0.15) is 48.4 Å². The Morgan fingerprint density at radius 1 is 0.742 bits per heavy atom. The molecule has 2 aromatic carbocycles. The lowest BCUT2D eigenvalue weighted by atomic mass is 10.1. The standard InChI is InChI=1S/C32H42N9O11P.C23H25N7O10/c1-18(2)40(19(3)4)53(49-10-8-9-33)52-26-13-28(39-29-22(14-35-39)30(42)37-31(36-29)34-16-38(6)7)51-27(26)15-46-32(43)50-20(5)21-11-24-25(48-17-47-24)12-23(21)41(44)45;1-11(12-4-16-17(38-10-37-16)5-14(12)30(34)35)39-23(33)36-8-18-15(31)6-19(40-18)29-20-13(7-25-29)21(32)27-22(26-20)24-9-28(2)3/h11-12,14,16,18-20,26-28H,8,10,13,15,17H2,1-7H3,(H,36,37,42);4-5,7,9,11,15,18-19,31H,6,8,10H2,1-3H3,(H,26,27,32). The van der Waals surface area contributed by atoms with E-state index in [4.69, 9.17) is 56.4 Å². The maximum absolute atomic E-state index is 13.0. The number of carbonyl (C=O) groups excluding carboxylic acids is 2. The highest BCUT2D eigenvalue weighted by Gasteiger charge is 2.44. The van der Waals surface area contributed by atoms with Crippen molar-refractivity contribution in [3.05, 3.63) is 88.7 Å². The lowest BCUT2D eigenvalue weighted by molar-refractivity contribution is -0.386. The molecule has 0 aliphatic carbocycles. The molecule has 9 unspecified atom stereocenters. The summed E-state index contributed by atoms with van der Waals surface area (Å²) >= 11 is 0. The van der Waals surface area contributed by atoms with Crippen LogP contribution in [0.15, 0.2) is 56.2 Å². The van der Waals surface area contributed by atoms with E-state index < -0.39 is 90.9 Å². The third kappa shape index (κ3) is 16.1. The molecule has 0 saturated carbocycles. The number of fused-ring (bicyclic) bond motifs is 4. The monoisotopic (exact) mass is 1320 g/mol. The summed E-state index contributed by atoms with van der Waals surface area (Å²) < 4.78 is 72.2. The molecule has 38 heteroatoms. The fourth-order valence-corrected chi connectivity index (χ4v) is 11.7. The molecular weight excluding hydrogens is 1250 g/mol. The maximum atomic E-state index is 13.0. The molecule has 8 heterocycles. The normalized spacial score (nSPS) is 19.9. The van der Waals surface area contributed by atoms with Gasteiger partial charge in [0.05, 0.1) is 89.5 Å². The number of rotatable bonds is 24. The summed E-state index contributed by atoms with van der Waals surface area (Å²) in [4.78, 5) is 98.5. The van der Waals surface area contributed by atoms with Crippen molar-refractivity contribution in [3.63, 3.8) is 0 Å². The smallest absolute Gasteiger partial charge is 0.454 e. The molecule has 498 valence electrons. The largest absolute Gasteiger partial charge is 0.508 e. The van der Waals surface area contributed by atoms with Crippen molar-refractivity contribution in [2.75, 3.05) is 61.6 Å². The van der Waals surface area contributed by atoms with Gasteiger partial charge in [-0.25, -0.2) is 33.6 Å². The molecule has 93 heavy (non-hydrogen) atoms. The molecule has 0 amide bonds. The van der Waals surface area contributed by atoms with Crippen LogP contribution in [0.5, 0.6) is 23.0 Å². The van der Waals surface area contributed by atoms with Gasteiger partial charge in [0.15, 0.2) is 46.7 Å². The van der Waals surface area contributed by atoms with Crippen LogP contribution in [0.2, 0.25) is 0 Å². The number of nitro benzene ring substituents is 2. The zero-order valence-corrected chi connectivity index (χ0v) is 52.8. The number of carbonyl (C=O) groups is 2. The number of aliphatic imine (C=N–C) groups is 2. The quantitative estimate of drug-likeness (QED) is 0.0112. The summed E-state index contributed by atoms with van der Waals surface area (Å²) in [7, 11) is 5.32. The third-order valence-corrected chi connectivity index (χ3v) is 16.3. The fourth-order valence-electron chi connectivity index (χ4n) is 9.91. The molecule has 0 bridgehead atoms. The summed E-state index contributed by atoms with van der Waals surface area (Å²) in [5.41, 5.74) is -0.934. The van der Waals surface area contributed by atoms with Gasteiger partial charge in [-0.15, -0.1) is 0 Å². The number of H-pyrrole nitrogens is 2. The van der Waals surface area contributed by atoms with Gasteiger partial charge in [0.2, 0.25) is 25.5 Å². The van der Waals surface area contributed by atoms with Crippen LogP contribution in [0.4, 0.5) is 32.9 Å². The summed E-state index contributed by atoms with van der Waals surface area (Å²) in [6, 6.07) is 7.25. The zero-order valence-electron chi connectivity index (χ0n) is 51.9. The first-order valence-corrected chi connectivity index (χ1v) is 29.9. The van der Waals surface area contributed by atoms with Crippen LogP contribution in [0.3, 0.4) is 0 Å². The number of aliphatic hydroxyl groups excluding tert-OH is 1. The number of aromatic amines is 2. The predicted molar refractivity (Wildman–Crippen MR) is 323 cm³/mol. The van der Waals surface area contributed by atoms with E-state index in [-0.39, 0.29) is 144 Å². The van der Waals surface area contributed by atoms with E-state index in [1.165, 1.54) is 72.5 Å². The molecule has 6 aromatic rings. The Morgan fingerprint density at radius 2 is 1.18 bits per heavy atom. The number of ether oxygens (including phenoxy) is 10. The highest BCUT2D eigenvalue weighted by Crippen LogP contribution is 2.50. The van der Waals surface area contributed by atoms with E-state index >= 15 is 0 Å². The number of nitriles is 1. The van der Waals surface area contributed by atoms with Crippen molar-refractivity contribution in [3.8, 4) is 29.1 Å². The predicted octanol–water partition coefficient (Wildman–Crippen LogP) is 6.38. The average Bonchev–Trinajstić information content (AvgIpc) is 1.68. The summed E-state index contributed by atoms with van der Waals surface area (Å²) in [6.45, 7) is 10.1. The van der Waals surface area contributed by atoms with Gasteiger partial charge in [-0.3, -0.25) is 39.8 Å². The average molecular weight is 1320 g/mol. The topological polar surface area (TPSA) is 437 Å². The van der Waals surface area contributed by atoms with Gasteiger partial charge < -0.3 is 71.3 Å². The van der Waals surface area contributed by atoms with Crippen molar-refractivity contribution in [1.82, 2.24) is 54.0 Å². The molecule has 3 N–H and O–H groups in total. The molecule has 2 saturated heterocycles. The van der Waals surface area contributed by atoms with E-state index in [1.54, 1.807) is 38.0 Å². The Balaban J connectivity index is 0.000000228. The van der Waals surface area contributed by atoms with Crippen molar-refractivity contribution >= 4 is 78.9 Å². The Labute approximate surface area is 528 Å². The Morgan fingerprint density at radius 3 is 1.62 bits per heavy atom. The molecule has 4 aliphatic rings. The van der Waals surface area contributed by atoms with Crippen LogP contribution in [0.25, 0.3) is 22.1 Å². The Kier molecular flexibility index (Phi) is 21.6. The SMILES string of the molecule is CC(OC(=O)OCC1OC(n2ncc3c(=O)[nH]c(N=CN(C)C)nc32)CC1O)c1cc2c(cc1[N+](=O)[O-])OCO2.CC(OC(=O)OCC1OC(n2ncc3c(=O)[nH]c(N=CN(C)C)nc32)CC1OP(OCCC#N)N(C(C)C)C(C)C)c1cc2c(cc1[N+](=O)[O-])OCO2. The van der Waals surface area contributed by atoms with Crippen molar-refractivity contribution in [2.45, 2.75) is 122 Å². The number of aliphatic hydroxyl groups is 1. The summed E-state index contributed by atoms with van der Waals surface area (Å²) in [6.07, 6.45) is -3.64. The van der Waals surface area contributed by atoms with Gasteiger partial charge >= 0.3 is 12.3 Å². The van der Waals surface area contributed by atoms with E-state index in [0.717, 1.165) is 0 Å². The van der Waals surface area contributed by atoms with Crippen LogP contribution < -0.4 is 30.1 Å². The number of aromatic nitrogens is 8. The van der Waals surface area contributed by atoms with Gasteiger partial charge in [-0.2, -0.15) is 25.4 Å². The number of nitrogens with one attached hydrogen (secondary N) is 2.